The number of carbonyl (C=O) groups excluding carboxylic acids is 1. The third-order valence-electron chi connectivity index (χ3n) is 3.86. The van der Waals surface area contributed by atoms with Crippen LogP contribution in [0.3, 0.4) is 0 Å². The van der Waals surface area contributed by atoms with Crippen LogP contribution in [0.1, 0.15) is 21.1 Å². The molecule has 0 aliphatic carbocycles. The molecule has 7 heteroatoms. The third kappa shape index (κ3) is 5.41. The smallest absolute Gasteiger partial charge is 0.254 e. The van der Waals surface area contributed by atoms with Crippen LogP contribution in [-0.4, -0.2) is 22.3 Å². The Balaban J connectivity index is 1.63. The molecule has 0 aliphatic heterocycles. The van der Waals surface area contributed by atoms with Crippen molar-refractivity contribution in [3.8, 4) is 5.75 Å². The third-order valence-corrected chi connectivity index (χ3v) is 4.98. The second-order valence-corrected chi connectivity index (χ2v) is 7.34. The minimum Gasteiger partial charge on any atom is -0.486 e. The highest BCUT2D eigenvalue weighted by Crippen LogP contribution is 2.19. The van der Waals surface area contributed by atoms with E-state index < -0.39 is 0 Å². The first-order valence-electron chi connectivity index (χ1n) is 8.52. The summed E-state index contributed by atoms with van der Waals surface area (Å²) in [7, 11) is 0. The summed E-state index contributed by atoms with van der Waals surface area (Å²) in [6, 6.07) is 12.6. The second-order valence-electron chi connectivity index (χ2n) is 5.96. The number of aromatic nitrogens is 1. The highest BCUT2D eigenvalue weighted by Gasteiger charge is 2.16. The lowest BCUT2D eigenvalue weighted by molar-refractivity contribution is 0.0761. The van der Waals surface area contributed by atoms with Gasteiger partial charge in [0.25, 0.3) is 5.91 Å². The minimum absolute atomic E-state index is 0.202. The van der Waals surface area contributed by atoms with Gasteiger partial charge in [-0.15, -0.1) is 17.9 Å². The highest BCUT2D eigenvalue weighted by molar-refractivity contribution is 7.09. The SMILES string of the molecule is C=CCN(Cc1csc(COc2ccc(Cl)cc2)n1)C(=O)c1ccc(F)cc1. The monoisotopic (exact) mass is 416 g/mol. The predicted octanol–water partition coefficient (Wildman–Crippen LogP) is 5.34. The van der Waals surface area contributed by atoms with Gasteiger partial charge in [0.15, 0.2) is 0 Å². The topological polar surface area (TPSA) is 42.4 Å². The molecule has 28 heavy (non-hydrogen) atoms. The molecule has 0 atom stereocenters. The van der Waals surface area contributed by atoms with Gasteiger partial charge in [-0.25, -0.2) is 9.37 Å². The zero-order valence-corrected chi connectivity index (χ0v) is 16.5. The van der Waals surface area contributed by atoms with E-state index in [2.05, 4.69) is 11.6 Å². The number of ether oxygens (including phenoxy) is 1. The number of nitrogens with zero attached hydrogens (tertiary/aromatic N) is 2. The summed E-state index contributed by atoms with van der Waals surface area (Å²) in [4.78, 5) is 18.8. The van der Waals surface area contributed by atoms with E-state index in [0.717, 1.165) is 10.7 Å². The molecule has 0 saturated carbocycles. The van der Waals surface area contributed by atoms with Crippen molar-refractivity contribution >= 4 is 28.8 Å². The van der Waals surface area contributed by atoms with Crippen LogP contribution in [0, 0.1) is 5.82 Å². The largest absolute Gasteiger partial charge is 0.486 e. The first kappa shape index (κ1) is 20.0. The summed E-state index contributed by atoms with van der Waals surface area (Å²) in [5.41, 5.74) is 1.18. The van der Waals surface area contributed by atoms with Gasteiger partial charge in [0.1, 0.15) is 23.2 Å². The molecular weight excluding hydrogens is 399 g/mol. The maximum Gasteiger partial charge on any atom is 0.254 e. The number of amides is 1. The van der Waals surface area contributed by atoms with Crippen molar-refractivity contribution in [1.29, 1.82) is 0 Å². The Morgan fingerprint density at radius 3 is 2.61 bits per heavy atom. The lowest BCUT2D eigenvalue weighted by Crippen LogP contribution is -2.30. The summed E-state index contributed by atoms with van der Waals surface area (Å²) < 4.78 is 18.8. The van der Waals surface area contributed by atoms with Gasteiger partial charge in [-0.05, 0) is 48.5 Å². The van der Waals surface area contributed by atoms with E-state index in [4.69, 9.17) is 16.3 Å². The predicted molar refractivity (Wildman–Crippen MR) is 109 cm³/mol. The molecule has 3 rings (SSSR count). The molecule has 144 valence electrons. The standard InChI is InChI=1S/C21H18ClFN2O2S/c1-2-11-25(21(26)15-3-7-17(23)8-4-15)12-18-14-28-20(24-18)13-27-19-9-5-16(22)6-10-19/h2-10,14H,1,11-13H2. The van der Waals surface area contributed by atoms with Gasteiger partial charge in [0, 0.05) is 22.5 Å². The number of rotatable bonds is 8. The van der Waals surface area contributed by atoms with Gasteiger partial charge in [0.05, 0.1) is 12.2 Å². The molecule has 0 bridgehead atoms. The van der Waals surface area contributed by atoms with E-state index in [1.807, 2.05) is 5.38 Å². The van der Waals surface area contributed by atoms with Crippen LogP contribution < -0.4 is 4.74 Å². The van der Waals surface area contributed by atoms with Crippen molar-refractivity contribution in [1.82, 2.24) is 9.88 Å². The quantitative estimate of drug-likeness (QED) is 0.465. The Bertz CT molecular complexity index is 942. The molecule has 0 fully saturated rings. The molecule has 0 spiro atoms. The number of benzene rings is 2. The maximum absolute atomic E-state index is 13.1. The summed E-state index contributed by atoms with van der Waals surface area (Å²) in [6.07, 6.45) is 1.65. The average molecular weight is 417 g/mol. The van der Waals surface area contributed by atoms with E-state index in [1.54, 1.807) is 35.2 Å². The molecule has 3 aromatic rings. The fourth-order valence-corrected chi connectivity index (χ4v) is 3.33. The van der Waals surface area contributed by atoms with Crippen molar-refractivity contribution in [3.05, 3.63) is 93.7 Å². The summed E-state index contributed by atoms with van der Waals surface area (Å²) in [5.74, 6) is 0.129. The molecule has 1 heterocycles. The Morgan fingerprint density at radius 2 is 1.93 bits per heavy atom. The van der Waals surface area contributed by atoms with Gasteiger partial charge in [0.2, 0.25) is 0 Å². The fraction of sp³-hybridized carbons (Fsp3) is 0.143. The van der Waals surface area contributed by atoms with Crippen LogP contribution in [0.25, 0.3) is 0 Å². The molecule has 0 saturated heterocycles. The second kappa shape index (κ2) is 9.48. The summed E-state index contributed by atoms with van der Waals surface area (Å²) in [5, 5.41) is 3.35. The molecule has 0 aliphatic rings. The molecule has 0 N–H and O–H groups in total. The maximum atomic E-state index is 13.1. The van der Waals surface area contributed by atoms with Gasteiger partial charge in [-0.2, -0.15) is 0 Å². The number of thiazole rings is 1. The Labute approximate surface area is 171 Å². The van der Waals surface area contributed by atoms with Gasteiger partial charge in [-0.1, -0.05) is 17.7 Å². The van der Waals surface area contributed by atoms with E-state index >= 15 is 0 Å². The number of hydrogen-bond donors (Lipinski definition) is 0. The molecule has 1 aromatic heterocycles. The van der Waals surface area contributed by atoms with Crippen molar-refractivity contribution in [3.63, 3.8) is 0 Å². The molecule has 0 unspecified atom stereocenters. The van der Waals surface area contributed by atoms with Gasteiger partial charge >= 0.3 is 0 Å². The van der Waals surface area contributed by atoms with Crippen molar-refractivity contribution < 1.29 is 13.9 Å². The van der Waals surface area contributed by atoms with Crippen LogP contribution in [0.4, 0.5) is 4.39 Å². The van der Waals surface area contributed by atoms with Crippen molar-refractivity contribution in [2.45, 2.75) is 13.2 Å². The highest BCUT2D eigenvalue weighted by atomic mass is 35.5. The van der Waals surface area contributed by atoms with Gasteiger partial charge < -0.3 is 9.64 Å². The lowest BCUT2D eigenvalue weighted by atomic mass is 10.2. The fourth-order valence-electron chi connectivity index (χ4n) is 2.51. The first-order chi connectivity index (χ1) is 13.5. The first-order valence-corrected chi connectivity index (χ1v) is 9.78. The zero-order valence-electron chi connectivity index (χ0n) is 15.0. The van der Waals surface area contributed by atoms with Crippen LogP contribution in [0.2, 0.25) is 5.02 Å². The van der Waals surface area contributed by atoms with Crippen molar-refractivity contribution in [2.75, 3.05) is 6.54 Å². The molecule has 0 radical (unpaired) electrons. The van der Waals surface area contributed by atoms with E-state index in [1.165, 1.54) is 35.6 Å². The number of carbonyl (C=O) groups is 1. The van der Waals surface area contributed by atoms with E-state index in [0.29, 0.717) is 36.0 Å². The summed E-state index contributed by atoms with van der Waals surface area (Å²) >= 11 is 7.33. The van der Waals surface area contributed by atoms with E-state index in [9.17, 15) is 9.18 Å². The normalized spacial score (nSPS) is 10.5. The van der Waals surface area contributed by atoms with Crippen LogP contribution in [-0.2, 0) is 13.2 Å². The molecule has 4 nitrogen and oxygen atoms in total. The zero-order chi connectivity index (χ0) is 19.9. The van der Waals surface area contributed by atoms with Crippen molar-refractivity contribution in [2.24, 2.45) is 0 Å². The Hall–Kier alpha value is -2.70. The molecular formula is C21H18ClFN2O2S. The van der Waals surface area contributed by atoms with Gasteiger partial charge in [-0.3, -0.25) is 4.79 Å². The van der Waals surface area contributed by atoms with Crippen LogP contribution in [0.5, 0.6) is 5.75 Å². The Kier molecular flexibility index (Phi) is 6.79. The lowest BCUT2D eigenvalue weighted by Gasteiger charge is -2.20. The number of hydrogen-bond acceptors (Lipinski definition) is 4. The van der Waals surface area contributed by atoms with E-state index in [-0.39, 0.29) is 11.7 Å². The average Bonchev–Trinajstić information content (AvgIpc) is 3.15. The number of halogens is 2. The molecule has 2 aromatic carbocycles. The van der Waals surface area contributed by atoms with Crippen LogP contribution in [0.15, 0.2) is 66.6 Å². The minimum atomic E-state index is -0.378. The Morgan fingerprint density at radius 1 is 1.21 bits per heavy atom. The molecule has 1 amide bonds. The van der Waals surface area contributed by atoms with Crippen LogP contribution >= 0.6 is 22.9 Å². The summed E-state index contributed by atoms with van der Waals surface area (Å²) in [6.45, 7) is 4.74.